The molecule has 7 nitrogen and oxygen atoms in total. The van der Waals surface area contributed by atoms with Crippen LogP contribution in [0.1, 0.15) is 28.4 Å². The first kappa shape index (κ1) is 16.3. The van der Waals surface area contributed by atoms with Crippen LogP contribution in [-0.2, 0) is 13.0 Å². The summed E-state index contributed by atoms with van der Waals surface area (Å²) in [6, 6.07) is 13.5. The number of amides is 1. The summed E-state index contributed by atoms with van der Waals surface area (Å²) in [4.78, 5) is 14.8. The summed E-state index contributed by atoms with van der Waals surface area (Å²) in [6.45, 7) is 3.89. The van der Waals surface area contributed by atoms with Crippen molar-refractivity contribution < 1.29 is 9.53 Å². The minimum absolute atomic E-state index is 0.00684. The van der Waals surface area contributed by atoms with Crippen LogP contribution < -0.4 is 4.74 Å². The lowest BCUT2D eigenvalue weighted by Crippen LogP contribution is -2.36. The van der Waals surface area contributed by atoms with E-state index in [0.29, 0.717) is 25.3 Å². The van der Waals surface area contributed by atoms with Crippen LogP contribution in [0.4, 0.5) is 0 Å². The molecule has 7 heteroatoms. The van der Waals surface area contributed by atoms with E-state index in [-0.39, 0.29) is 5.91 Å². The van der Waals surface area contributed by atoms with Crippen molar-refractivity contribution in [3.8, 4) is 11.4 Å². The van der Waals surface area contributed by atoms with E-state index in [0.717, 1.165) is 23.4 Å². The highest BCUT2D eigenvalue weighted by molar-refractivity contribution is 5.94. The molecule has 0 radical (unpaired) electrons. The molecule has 0 unspecified atom stereocenters. The lowest BCUT2D eigenvalue weighted by atomic mass is 9.98. The number of aromatic nitrogens is 4. The van der Waals surface area contributed by atoms with Gasteiger partial charge in [0.15, 0.2) is 0 Å². The molecule has 2 heterocycles. The molecule has 0 atom stereocenters. The van der Waals surface area contributed by atoms with Crippen LogP contribution in [0.3, 0.4) is 0 Å². The van der Waals surface area contributed by atoms with Gasteiger partial charge in [-0.15, -0.1) is 5.10 Å². The Kier molecular flexibility index (Phi) is 4.35. The lowest BCUT2D eigenvalue weighted by molar-refractivity contribution is 0.0734. The summed E-state index contributed by atoms with van der Waals surface area (Å²) in [5.74, 6) is 0.855. The predicted octanol–water partition coefficient (Wildman–Crippen LogP) is 2.26. The largest absolute Gasteiger partial charge is 0.494 e. The number of carbonyl (C=O) groups is 1. The maximum absolute atomic E-state index is 13.0. The molecule has 4 rings (SSSR count). The van der Waals surface area contributed by atoms with Gasteiger partial charge in [-0.1, -0.05) is 12.1 Å². The molecule has 3 aromatic rings. The number of carbonyl (C=O) groups excluding carboxylic acids is 1. The standard InChI is InChI=1S/C19H19N5O2/c1-2-26-18-7-6-14-8-9-23(12-16(14)11-18)19(25)15-4-3-5-17(10-15)24-13-20-21-22-24/h3-7,10-11,13H,2,8-9,12H2,1H3. The first-order valence-corrected chi connectivity index (χ1v) is 8.62. The second-order valence-corrected chi connectivity index (χ2v) is 6.14. The fraction of sp³-hybridized carbons (Fsp3) is 0.263. The molecular formula is C19H19N5O2. The van der Waals surface area contributed by atoms with Gasteiger partial charge in [-0.3, -0.25) is 4.79 Å². The molecule has 2 aromatic carbocycles. The van der Waals surface area contributed by atoms with E-state index in [1.807, 2.05) is 48.2 Å². The zero-order valence-corrected chi connectivity index (χ0v) is 14.5. The van der Waals surface area contributed by atoms with E-state index < -0.39 is 0 Å². The van der Waals surface area contributed by atoms with Gasteiger partial charge < -0.3 is 9.64 Å². The van der Waals surface area contributed by atoms with Crippen molar-refractivity contribution in [3.63, 3.8) is 0 Å². The third kappa shape index (κ3) is 3.15. The van der Waals surface area contributed by atoms with Crippen LogP contribution in [0.15, 0.2) is 48.8 Å². The highest BCUT2D eigenvalue weighted by atomic mass is 16.5. The van der Waals surface area contributed by atoms with Crippen molar-refractivity contribution in [2.24, 2.45) is 0 Å². The molecule has 0 spiro atoms. The van der Waals surface area contributed by atoms with E-state index in [4.69, 9.17) is 4.74 Å². The normalized spacial score (nSPS) is 13.3. The Morgan fingerprint density at radius 2 is 2.12 bits per heavy atom. The molecule has 1 aliphatic rings. The predicted molar refractivity (Wildman–Crippen MR) is 95.2 cm³/mol. The van der Waals surface area contributed by atoms with Crippen molar-refractivity contribution in [1.82, 2.24) is 25.1 Å². The Morgan fingerprint density at radius 3 is 2.92 bits per heavy atom. The molecule has 0 saturated heterocycles. The zero-order valence-electron chi connectivity index (χ0n) is 14.5. The maximum Gasteiger partial charge on any atom is 0.254 e. The Hall–Kier alpha value is -3.22. The third-order valence-corrected chi connectivity index (χ3v) is 4.49. The number of hydrogen-bond acceptors (Lipinski definition) is 5. The van der Waals surface area contributed by atoms with Gasteiger partial charge in [-0.05, 0) is 65.2 Å². The van der Waals surface area contributed by atoms with E-state index >= 15 is 0 Å². The second kappa shape index (κ2) is 6.95. The molecule has 1 aromatic heterocycles. The molecule has 132 valence electrons. The SMILES string of the molecule is CCOc1ccc2c(c1)CN(C(=O)c1cccc(-n3cnnn3)c1)CC2. The number of hydrogen-bond donors (Lipinski definition) is 0. The van der Waals surface area contributed by atoms with Crippen molar-refractivity contribution in [2.75, 3.05) is 13.2 Å². The quantitative estimate of drug-likeness (QED) is 0.722. The van der Waals surface area contributed by atoms with Gasteiger partial charge in [0.2, 0.25) is 0 Å². The summed E-state index contributed by atoms with van der Waals surface area (Å²) < 4.78 is 7.12. The Balaban J connectivity index is 1.56. The number of tetrazole rings is 1. The van der Waals surface area contributed by atoms with E-state index in [1.54, 1.807) is 0 Å². The van der Waals surface area contributed by atoms with Crippen molar-refractivity contribution in [1.29, 1.82) is 0 Å². The molecular weight excluding hydrogens is 330 g/mol. The van der Waals surface area contributed by atoms with Gasteiger partial charge in [0.1, 0.15) is 12.1 Å². The summed E-state index contributed by atoms with van der Waals surface area (Å²) in [7, 11) is 0. The van der Waals surface area contributed by atoms with Crippen LogP contribution in [0.2, 0.25) is 0 Å². The molecule has 0 fully saturated rings. The van der Waals surface area contributed by atoms with E-state index in [2.05, 4.69) is 21.6 Å². The maximum atomic E-state index is 13.0. The van der Waals surface area contributed by atoms with Crippen molar-refractivity contribution in [2.45, 2.75) is 19.9 Å². The van der Waals surface area contributed by atoms with Crippen LogP contribution >= 0.6 is 0 Å². The van der Waals surface area contributed by atoms with Gasteiger partial charge in [0, 0.05) is 18.7 Å². The zero-order chi connectivity index (χ0) is 17.9. The van der Waals surface area contributed by atoms with Gasteiger partial charge in [-0.25, -0.2) is 4.68 Å². The average molecular weight is 349 g/mol. The summed E-state index contributed by atoms with van der Waals surface area (Å²) in [6.07, 6.45) is 2.36. The number of ether oxygens (including phenoxy) is 1. The van der Waals surface area contributed by atoms with Gasteiger partial charge in [0.05, 0.1) is 12.3 Å². The minimum atomic E-state index is 0.00684. The summed E-state index contributed by atoms with van der Waals surface area (Å²) >= 11 is 0. The minimum Gasteiger partial charge on any atom is -0.494 e. The van der Waals surface area contributed by atoms with Crippen molar-refractivity contribution >= 4 is 5.91 Å². The first-order valence-electron chi connectivity index (χ1n) is 8.62. The molecule has 0 bridgehead atoms. The Bertz CT molecular complexity index is 923. The molecule has 26 heavy (non-hydrogen) atoms. The van der Waals surface area contributed by atoms with Crippen LogP contribution in [-0.4, -0.2) is 44.2 Å². The third-order valence-electron chi connectivity index (χ3n) is 4.49. The van der Waals surface area contributed by atoms with Crippen LogP contribution in [0.25, 0.3) is 5.69 Å². The van der Waals surface area contributed by atoms with Crippen LogP contribution in [0.5, 0.6) is 5.75 Å². The van der Waals surface area contributed by atoms with Gasteiger partial charge in [0.25, 0.3) is 5.91 Å². The van der Waals surface area contributed by atoms with Crippen LogP contribution in [0, 0.1) is 0 Å². The monoisotopic (exact) mass is 349 g/mol. The number of nitrogens with zero attached hydrogens (tertiary/aromatic N) is 5. The molecule has 0 N–H and O–H groups in total. The number of benzene rings is 2. The van der Waals surface area contributed by atoms with E-state index in [9.17, 15) is 4.79 Å². The average Bonchev–Trinajstić information content (AvgIpc) is 3.22. The molecule has 1 aliphatic heterocycles. The van der Waals surface area contributed by atoms with Crippen molar-refractivity contribution in [3.05, 3.63) is 65.5 Å². The number of fused-ring (bicyclic) bond motifs is 1. The lowest BCUT2D eigenvalue weighted by Gasteiger charge is -2.29. The van der Waals surface area contributed by atoms with E-state index in [1.165, 1.54) is 16.6 Å². The molecule has 0 saturated carbocycles. The van der Waals surface area contributed by atoms with Gasteiger partial charge >= 0.3 is 0 Å². The fourth-order valence-corrected chi connectivity index (χ4v) is 3.21. The highest BCUT2D eigenvalue weighted by Crippen LogP contribution is 2.25. The summed E-state index contributed by atoms with van der Waals surface area (Å²) in [5, 5.41) is 11.1. The fourth-order valence-electron chi connectivity index (χ4n) is 3.21. The smallest absolute Gasteiger partial charge is 0.254 e. The Labute approximate surface area is 151 Å². The van der Waals surface area contributed by atoms with Gasteiger partial charge in [-0.2, -0.15) is 0 Å². The first-order chi connectivity index (χ1) is 12.7. The highest BCUT2D eigenvalue weighted by Gasteiger charge is 2.22. The molecule has 0 aliphatic carbocycles. The number of rotatable bonds is 4. The molecule has 1 amide bonds. The second-order valence-electron chi connectivity index (χ2n) is 6.14. The summed E-state index contributed by atoms with van der Waals surface area (Å²) in [5.41, 5.74) is 3.81. The Morgan fingerprint density at radius 1 is 1.19 bits per heavy atom. The topological polar surface area (TPSA) is 73.1 Å².